The van der Waals surface area contributed by atoms with E-state index in [-0.39, 0.29) is 11.9 Å². The van der Waals surface area contributed by atoms with Gasteiger partial charge in [-0.1, -0.05) is 0 Å². The first-order chi connectivity index (χ1) is 8.74. The molecule has 1 atom stereocenters. The van der Waals surface area contributed by atoms with E-state index >= 15 is 0 Å². The molecule has 0 bridgehead atoms. The lowest BCUT2D eigenvalue weighted by molar-refractivity contribution is -0.127. The fourth-order valence-electron chi connectivity index (χ4n) is 2.99. The topological polar surface area (TPSA) is 49.9 Å². The maximum Gasteiger partial charge on any atom is 0.410 e. The summed E-state index contributed by atoms with van der Waals surface area (Å²) in [5.74, 6) is 0.267. The quantitative estimate of drug-likeness (QED) is 0.670. The molecule has 1 unspecified atom stereocenters. The smallest absolute Gasteiger partial charge is 0.410 e. The van der Waals surface area contributed by atoms with Crippen molar-refractivity contribution in [2.24, 2.45) is 0 Å². The normalized spacial score (nSPS) is 29.1. The van der Waals surface area contributed by atoms with E-state index in [1.165, 1.54) is 0 Å². The Bertz CT molecular complexity index is 389. The highest BCUT2D eigenvalue weighted by Gasteiger charge is 2.49. The van der Waals surface area contributed by atoms with Crippen molar-refractivity contribution in [1.29, 1.82) is 0 Å². The Hall–Kier alpha value is -1.10. The minimum absolute atomic E-state index is 0.267. The van der Waals surface area contributed by atoms with Crippen LogP contribution in [0.1, 0.15) is 40.0 Å². The minimum Gasteiger partial charge on any atom is -0.444 e. The molecular formula is C14H24N2O3. The van der Waals surface area contributed by atoms with Crippen LogP contribution >= 0.6 is 0 Å². The van der Waals surface area contributed by atoms with Crippen LogP contribution in [0.3, 0.4) is 0 Å². The summed E-state index contributed by atoms with van der Waals surface area (Å²) in [7, 11) is 1.98. The number of amides is 1. The van der Waals surface area contributed by atoms with Crippen LogP contribution in [0.4, 0.5) is 4.79 Å². The van der Waals surface area contributed by atoms with Crippen LogP contribution in [-0.2, 0) is 9.53 Å². The molecule has 2 fully saturated rings. The Morgan fingerprint density at radius 2 is 2.00 bits per heavy atom. The highest BCUT2D eigenvalue weighted by atomic mass is 16.6. The number of ether oxygens (including phenoxy) is 1. The van der Waals surface area contributed by atoms with Gasteiger partial charge in [-0.3, -0.25) is 9.69 Å². The number of carbonyl (C=O) groups is 2. The zero-order valence-electron chi connectivity index (χ0n) is 12.4. The van der Waals surface area contributed by atoms with E-state index < -0.39 is 11.1 Å². The third-order valence-electron chi connectivity index (χ3n) is 4.05. The molecule has 1 spiro atoms. The number of piperidine rings is 1. The first-order valence-electron chi connectivity index (χ1n) is 6.97. The van der Waals surface area contributed by atoms with Gasteiger partial charge >= 0.3 is 6.09 Å². The number of Topliss-reactive ketones (excluding diaryl/α,β-unsaturated/α-hetero) is 1. The van der Waals surface area contributed by atoms with Crippen molar-refractivity contribution in [3.05, 3.63) is 0 Å². The summed E-state index contributed by atoms with van der Waals surface area (Å²) in [4.78, 5) is 28.1. The monoisotopic (exact) mass is 268 g/mol. The summed E-state index contributed by atoms with van der Waals surface area (Å²) in [6.45, 7) is 7.52. The van der Waals surface area contributed by atoms with Gasteiger partial charge in [0.05, 0.1) is 5.54 Å². The zero-order valence-corrected chi connectivity index (χ0v) is 12.4. The van der Waals surface area contributed by atoms with Gasteiger partial charge in [0.1, 0.15) is 5.60 Å². The van der Waals surface area contributed by atoms with Crippen molar-refractivity contribution in [3.8, 4) is 0 Å². The predicted octanol–water partition coefficient (Wildman–Crippen LogP) is 1.66. The molecule has 2 saturated heterocycles. The number of likely N-dealkylation sites (N-methyl/N-ethyl adjacent to an activating group) is 1. The zero-order chi connectivity index (χ0) is 14.3. The predicted molar refractivity (Wildman–Crippen MR) is 72.0 cm³/mol. The SMILES string of the molecule is CN1CCC(=O)C12CCCN(C(=O)OC(C)(C)C)C2. The number of likely N-dealkylation sites (tertiary alicyclic amines) is 2. The molecule has 108 valence electrons. The van der Waals surface area contributed by atoms with Crippen LogP contribution in [0.25, 0.3) is 0 Å². The third-order valence-corrected chi connectivity index (χ3v) is 4.05. The van der Waals surface area contributed by atoms with Gasteiger partial charge in [0.15, 0.2) is 5.78 Å². The van der Waals surface area contributed by atoms with Gasteiger partial charge < -0.3 is 9.64 Å². The Kier molecular flexibility index (Phi) is 3.60. The van der Waals surface area contributed by atoms with Crippen molar-refractivity contribution in [1.82, 2.24) is 9.80 Å². The van der Waals surface area contributed by atoms with Gasteiger partial charge in [0, 0.05) is 26.1 Å². The molecule has 0 N–H and O–H groups in total. The largest absolute Gasteiger partial charge is 0.444 e. The van der Waals surface area contributed by atoms with Gasteiger partial charge in [-0.15, -0.1) is 0 Å². The van der Waals surface area contributed by atoms with Crippen molar-refractivity contribution < 1.29 is 14.3 Å². The van der Waals surface area contributed by atoms with E-state index in [9.17, 15) is 9.59 Å². The Morgan fingerprint density at radius 3 is 2.53 bits per heavy atom. The van der Waals surface area contributed by atoms with Gasteiger partial charge in [-0.2, -0.15) is 0 Å². The van der Waals surface area contributed by atoms with Gasteiger partial charge in [-0.25, -0.2) is 4.79 Å². The molecular weight excluding hydrogens is 244 g/mol. The van der Waals surface area contributed by atoms with Crippen molar-refractivity contribution >= 4 is 11.9 Å². The molecule has 5 heteroatoms. The summed E-state index contributed by atoms with van der Waals surface area (Å²) >= 11 is 0. The summed E-state index contributed by atoms with van der Waals surface area (Å²) < 4.78 is 5.41. The summed E-state index contributed by atoms with van der Waals surface area (Å²) in [5, 5.41) is 0. The standard InChI is InChI=1S/C14H24N2O3/c1-13(2,3)19-12(18)16-8-5-7-14(10-16)11(17)6-9-15(14)4/h5-10H2,1-4H3. The molecule has 2 rings (SSSR count). The molecule has 0 aliphatic carbocycles. The Labute approximate surface area is 114 Å². The molecule has 2 aliphatic rings. The fraction of sp³-hybridized carbons (Fsp3) is 0.857. The molecule has 19 heavy (non-hydrogen) atoms. The van der Waals surface area contributed by atoms with Crippen LogP contribution in [0, 0.1) is 0 Å². The first kappa shape index (κ1) is 14.3. The van der Waals surface area contributed by atoms with Crippen LogP contribution < -0.4 is 0 Å². The lowest BCUT2D eigenvalue weighted by Crippen LogP contribution is -2.59. The fourth-order valence-corrected chi connectivity index (χ4v) is 2.99. The third kappa shape index (κ3) is 2.76. The van der Waals surface area contributed by atoms with Gasteiger partial charge in [0.2, 0.25) is 0 Å². The average Bonchev–Trinajstić information content (AvgIpc) is 2.56. The number of hydrogen-bond donors (Lipinski definition) is 0. The van der Waals surface area contributed by atoms with Crippen LogP contribution in [0.2, 0.25) is 0 Å². The molecule has 0 radical (unpaired) electrons. The van der Waals surface area contributed by atoms with E-state index in [1.54, 1.807) is 4.90 Å². The molecule has 5 nitrogen and oxygen atoms in total. The number of rotatable bonds is 0. The Morgan fingerprint density at radius 1 is 1.32 bits per heavy atom. The molecule has 0 aromatic carbocycles. The van der Waals surface area contributed by atoms with E-state index in [0.717, 1.165) is 19.4 Å². The second-order valence-corrected chi connectivity index (χ2v) is 6.63. The second-order valence-electron chi connectivity index (χ2n) is 6.63. The van der Waals surface area contributed by atoms with E-state index in [2.05, 4.69) is 4.90 Å². The first-order valence-corrected chi connectivity index (χ1v) is 6.97. The van der Waals surface area contributed by atoms with Crippen LogP contribution in [-0.4, -0.2) is 59.5 Å². The number of carbonyl (C=O) groups excluding carboxylic acids is 2. The molecule has 2 aliphatic heterocycles. The lowest BCUT2D eigenvalue weighted by Gasteiger charge is -2.43. The van der Waals surface area contributed by atoms with E-state index in [4.69, 9.17) is 4.74 Å². The minimum atomic E-state index is -0.493. The average molecular weight is 268 g/mol. The van der Waals surface area contributed by atoms with Gasteiger partial charge in [0.25, 0.3) is 0 Å². The molecule has 0 aromatic heterocycles. The molecule has 0 aromatic rings. The molecule has 0 saturated carbocycles. The Balaban J connectivity index is 2.09. The highest BCUT2D eigenvalue weighted by molar-refractivity contribution is 5.91. The maximum atomic E-state index is 12.2. The van der Waals surface area contributed by atoms with E-state index in [1.807, 2.05) is 27.8 Å². The summed E-state index contributed by atoms with van der Waals surface area (Å²) in [6, 6.07) is 0. The number of nitrogens with zero attached hydrogens (tertiary/aromatic N) is 2. The van der Waals surface area contributed by atoms with Crippen molar-refractivity contribution in [3.63, 3.8) is 0 Å². The van der Waals surface area contributed by atoms with Crippen LogP contribution in [0.5, 0.6) is 0 Å². The van der Waals surface area contributed by atoms with Crippen molar-refractivity contribution in [2.75, 3.05) is 26.7 Å². The summed E-state index contributed by atoms with van der Waals surface area (Å²) in [5.41, 5.74) is -0.956. The molecule has 1 amide bonds. The van der Waals surface area contributed by atoms with Gasteiger partial charge in [-0.05, 0) is 40.7 Å². The number of ketones is 1. The molecule has 2 heterocycles. The van der Waals surface area contributed by atoms with Crippen molar-refractivity contribution in [2.45, 2.75) is 51.2 Å². The van der Waals surface area contributed by atoms with E-state index in [0.29, 0.717) is 19.5 Å². The summed E-state index contributed by atoms with van der Waals surface area (Å²) in [6.07, 6.45) is 2.00. The number of hydrogen-bond acceptors (Lipinski definition) is 4. The maximum absolute atomic E-state index is 12.2. The highest BCUT2D eigenvalue weighted by Crippen LogP contribution is 2.33. The second kappa shape index (κ2) is 4.78. The lowest BCUT2D eigenvalue weighted by atomic mass is 9.86. The van der Waals surface area contributed by atoms with Crippen LogP contribution in [0.15, 0.2) is 0 Å².